The van der Waals surface area contributed by atoms with E-state index in [-0.39, 0.29) is 0 Å². The molecular weight excluding hydrogens is 254 g/mol. The fourth-order valence-corrected chi connectivity index (χ4v) is 2.38. The molecule has 0 unspecified atom stereocenters. The van der Waals surface area contributed by atoms with Crippen LogP contribution in [0, 0.1) is 5.92 Å². The predicted octanol–water partition coefficient (Wildman–Crippen LogP) is 4.20. The van der Waals surface area contributed by atoms with Crippen LogP contribution in [-0.2, 0) is 0 Å². The van der Waals surface area contributed by atoms with Gasteiger partial charge in [0.15, 0.2) is 0 Å². The molecule has 0 amide bonds. The maximum Gasteiger partial charge on any atom is 0.132 e. The Bertz CT molecular complexity index is 341. The monoisotopic (exact) mass is 281 g/mol. The first kappa shape index (κ1) is 16.4. The van der Waals surface area contributed by atoms with Crippen LogP contribution in [0.3, 0.4) is 0 Å². The van der Waals surface area contributed by atoms with Gasteiger partial charge >= 0.3 is 0 Å². The number of para-hydroxylation sites is 1. The number of unbranched alkanes of at least 4 members (excludes halogenated alkanes) is 2. The van der Waals surface area contributed by atoms with E-state index < -0.39 is 0 Å². The van der Waals surface area contributed by atoms with Crippen molar-refractivity contribution in [2.24, 2.45) is 5.92 Å². The number of rotatable bonds is 10. The average Bonchev–Trinajstić information content (AvgIpc) is 2.42. The van der Waals surface area contributed by atoms with Crippen LogP contribution in [0.5, 0.6) is 5.75 Å². The van der Waals surface area contributed by atoms with E-state index in [9.17, 15) is 0 Å². The Morgan fingerprint density at radius 2 is 1.95 bits per heavy atom. The van der Waals surface area contributed by atoms with Crippen molar-refractivity contribution in [2.45, 2.75) is 38.0 Å². The van der Waals surface area contributed by atoms with Gasteiger partial charge in [-0.2, -0.15) is 0 Å². The maximum absolute atomic E-state index is 5.83. The Morgan fingerprint density at radius 1 is 1.16 bits per heavy atom. The Kier molecular flexibility index (Phi) is 8.76. The largest absolute Gasteiger partial charge is 0.492 e. The third-order valence-corrected chi connectivity index (χ3v) is 3.65. The zero-order valence-electron chi connectivity index (χ0n) is 12.4. The number of ether oxygens (including phenoxy) is 1. The van der Waals surface area contributed by atoms with E-state index in [1.54, 1.807) is 11.8 Å². The third kappa shape index (κ3) is 7.48. The summed E-state index contributed by atoms with van der Waals surface area (Å²) in [7, 11) is 0. The summed E-state index contributed by atoms with van der Waals surface area (Å²) in [5.74, 6) is 1.76. The van der Waals surface area contributed by atoms with E-state index in [0.717, 1.165) is 37.8 Å². The Labute approximate surface area is 122 Å². The Hall–Kier alpha value is -0.670. The van der Waals surface area contributed by atoms with Crippen molar-refractivity contribution in [1.29, 1.82) is 0 Å². The van der Waals surface area contributed by atoms with Crippen LogP contribution < -0.4 is 10.1 Å². The molecule has 1 aromatic rings. The zero-order chi connectivity index (χ0) is 13.9. The minimum Gasteiger partial charge on any atom is -0.492 e. The summed E-state index contributed by atoms with van der Waals surface area (Å²) in [5.41, 5.74) is 0. The highest BCUT2D eigenvalue weighted by Gasteiger charge is 2.00. The van der Waals surface area contributed by atoms with Gasteiger partial charge in [-0.1, -0.05) is 26.0 Å². The molecule has 1 aromatic carbocycles. The summed E-state index contributed by atoms with van der Waals surface area (Å²) in [4.78, 5) is 1.22. The van der Waals surface area contributed by atoms with Gasteiger partial charge < -0.3 is 10.1 Å². The van der Waals surface area contributed by atoms with Gasteiger partial charge in [-0.15, -0.1) is 11.8 Å². The molecule has 1 N–H and O–H groups in total. The van der Waals surface area contributed by atoms with Gasteiger partial charge in [-0.25, -0.2) is 0 Å². The molecule has 0 saturated heterocycles. The zero-order valence-corrected chi connectivity index (χ0v) is 13.3. The van der Waals surface area contributed by atoms with E-state index in [2.05, 4.69) is 43.6 Å². The molecule has 19 heavy (non-hydrogen) atoms. The first-order valence-corrected chi connectivity index (χ1v) is 8.43. The summed E-state index contributed by atoms with van der Waals surface area (Å²) in [6.45, 7) is 7.55. The molecule has 0 aromatic heterocycles. The van der Waals surface area contributed by atoms with Gasteiger partial charge in [0.05, 0.1) is 6.61 Å². The molecule has 1 rings (SSSR count). The number of nitrogens with one attached hydrogen (secondary N) is 1. The van der Waals surface area contributed by atoms with Crippen LogP contribution in [0.4, 0.5) is 0 Å². The highest BCUT2D eigenvalue weighted by Crippen LogP contribution is 2.26. The maximum atomic E-state index is 5.83. The molecule has 0 saturated carbocycles. The molecule has 0 bridgehead atoms. The predicted molar refractivity (Wildman–Crippen MR) is 85.3 cm³/mol. The van der Waals surface area contributed by atoms with Crippen molar-refractivity contribution >= 4 is 11.8 Å². The first-order chi connectivity index (χ1) is 9.24. The van der Waals surface area contributed by atoms with E-state index in [1.807, 2.05) is 6.07 Å². The lowest BCUT2D eigenvalue weighted by Crippen LogP contribution is -2.20. The van der Waals surface area contributed by atoms with E-state index in [4.69, 9.17) is 4.74 Å². The average molecular weight is 281 g/mol. The lowest BCUT2D eigenvalue weighted by Gasteiger charge is -2.10. The highest BCUT2D eigenvalue weighted by atomic mass is 32.2. The van der Waals surface area contributed by atoms with Crippen molar-refractivity contribution in [3.05, 3.63) is 24.3 Å². The fourth-order valence-electron chi connectivity index (χ4n) is 1.84. The summed E-state index contributed by atoms with van der Waals surface area (Å²) in [5, 5.41) is 3.47. The molecule has 2 nitrogen and oxygen atoms in total. The molecule has 3 heteroatoms. The van der Waals surface area contributed by atoms with Crippen molar-refractivity contribution < 1.29 is 4.74 Å². The lowest BCUT2D eigenvalue weighted by molar-refractivity contribution is 0.298. The van der Waals surface area contributed by atoms with Crippen LogP contribution in [0.25, 0.3) is 0 Å². The summed E-state index contributed by atoms with van der Waals surface area (Å²) >= 11 is 1.74. The Morgan fingerprint density at radius 3 is 2.68 bits per heavy atom. The molecule has 0 radical (unpaired) electrons. The second-order valence-corrected chi connectivity index (χ2v) is 6.01. The third-order valence-electron chi connectivity index (χ3n) is 2.88. The second kappa shape index (κ2) is 10.2. The van der Waals surface area contributed by atoms with Crippen LogP contribution in [0.2, 0.25) is 0 Å². The number of hydrogen-bond donors (Lipinski definition) is 1. The highest BCUT2D eigenvalue weighted by molar-refractivity contribution is 7.98. The SMILES string of the molecule is CSc1ccccc1OCCCCCNCC(C)C. The Balaban J connectivity index is 2.04. The van der Waals surface area contributed by atoms with E-state index in [0.29, 0.717) is 0 Å². The van der Waals surface area contributed by atoms with Crippen molar-refractivity contribution in [3.8, 4) is 5.75 Å². The number of benzene rings is 1. The molecule has 0 aliphatic carbocycles. The molecular formula is C16H27NOS. The van der Waals surface area contributed by atoms with Crippen LogP contribution in [-0.4, -0.2) is 26.0 Å². The van der Waals surface area contributed by atoms with Gasteiger partial charge in [-0.05, 0) is 56.7 Å². The van der Waals surface area contributed by atoms with Gasteiger partial charge in [0.2, 0.25) is 0 Å². The van der Waals surface area contributed by atoms with E-state index in [1.165, 1.54) is 17.7 Å². The van der Waals surface area contributed by atoms with Gasteiger partial charge in [0.25, 0.3) is 0 Å². The van der Waals surface area contributed by atoms with Crippen molar-refractivity contribution in [2.75, 3.05) is 26.0 Å². The molecule has 0 fully saturated rings. The topological polar surface area (TPSA) is 21.3 Å². The number of hydrogen-bond acceptors (Lipinski definition) is 3. The van der Waals surface area contributed by atoms with Crippen LogP contribution in [0.15, 0.2) is 29.2 Å². The minimum atomic E-state index is 0.742. The molecule has 0 atom stereocenters. The van der Waals surface area contributed by atoms with Gasteiger partial charge in [0.1, 0.15) is 5.75 Å². The quantitative estimate of drug-likeness (QED) is 0.513. The standard InChI is InChI=1S/C16H27NOS/c1-14(2)13-17-11-7-4-8-12-18-15-9-5-6-10-16(15)19-3/h5-6,9-10,14,17H,4,7-8,11-13H2,1-3H3. The normalized spacial score (nSPS) is 10.9. The van der Waals surface area contributed by atoms with Crippen LogP contribution in [0.1, 0.15) is 33.1 Å². The van der Waals surface area contributed by atoms with Gasteiger partial charge in [0, 0.05) is 4.90 Å². The summed E-state index contributed by atoms with van der Waals surface area (Å²) in [6, 6.07) is 8.25. The summed E-state index contributed by atoms with van der Waals surface area (Å²) < 4.78 is 5.83. The minimum absolute atomic E-state index is 0.742. The molecule has 0 heterocycles. The number of thioether (sulfide) groups is 1. The second-order valence-electron chi connectivity index (χ2n) is 5.16. The molecule has 0 aliphatic heterocycles. The van der Waals surface area contributed by atoms with Crippen molar-refractivity contribution in [3.63, 3.8) is 0 Å². The molecule has 108 valence electrons. The van der Waals surface area contributed by atoms with E-state index >= 15 is 0 Å². The lowest BCUT2D eigenvalue weighted by atomic mass is 10.2. The van der Waals surface area contributed by atoms with Gasteiger partial charge in [-0.3, -0.25) is 0 Å². The smallest absolute Gasteiger partial charge is 0.132 e. The summed E-state index contributed by atoms with van der Waals surface area (Å²) in [6.07, 6.45) is 5.68. The fraction of sp³-hybridized carbons (Fsp3) is 0.625. The van der Waals surface area contributed by atoms with Crippen molar-refractivity contribution in [1.82, 2.24) is 5.32 Å². The molecule has 0 spiro atoms. The first-order valence-electron chi connectivity index (χ1n) is 7.20. The molecule has 0 aliphatic rings. The van der Waals surface area contributed by atoms with Crippen LogP contribution >= 0.6 is 11.8 Å².